The maximum Gasteiger partial charge on any atom is 0.128 e. The highest BCUT2D eigenvalue weighted by molar-refractivity contribution is 5.62. The van der Waals surface area contributed by atoms with Gasteiger partial charge in [0, 0.05) is 5.56 Å². The van der Waals surface area contributed by atoms with Crippen LogP contribution in [0.15, 0.2) is 35.9 Å². The number of fused-ring (bicyclic) bond motifs is 1. The highest BCUT2D eigenvalue weighted by Crippen LogP contribution is 2.38. The Morgan fingerprint density at radius 1 is 1.19 bits per heavy atom. The van der Waals surface area contributed by atoms with Crippen LogP contribution in [0.4, 0.5) is 0 Å². The van der Waals surface area contributed by atoms with E-state index in [9.17, 15) is 0 Å². The second kappa shape index (κ2) is 8.67. The fourth-order valence-corrected chi connectivity index (χ4v) is 3.63. The van der Waals surface area contributed by atoms with Gasteiger partial charge in [-0.3, -0.25) is 0 Å². The van der Waals surface area contributed by atoms with Crippen LogP contribution in [0.3, 0.4) is 0 Å². The largest absolute Gasteiger partial charge is 0.483 e. The molecule has 2 rings (SSSR count). The van der Waals surface area contributed by atoms with Crippen LogP contribution >= 0.6 is 0 Å². The summed E-state index contributed by atoms with van der Waals surface area (Å²) in [7, 11) is 0. The van der Waals surface area contributed by atoms with Gasteiger partial charge in [-0.05, 0) is 81.4 Å². The summed E-state index contributed by atoms with van der Waals surface area (Å²) in [6, 6.07) is 6.80. The topological polar surface area (TPSA) is 9.23 Å². The minimum Gasteiger partial charge on any atom is -0.483 e. The lowest BCUT2D eigenvalue weighted by atomic mass is 9.80. The number of benzene rings is 1. The Bertz CT molecular complexity index is 685. The highest BCUT2D eigenvalue weighted by atomic mass is 16.5. The predicted molar refractivity (Wildman–Crippen MR) is 119 cm³/mol. The molecule has 3 atom stereocenters. The van der Waals surface area contributed by atoms with E-state index >= 15 is 0 Å². The summed E-state index contributed by atoms with van der Waals surface area (Å²) < 4.78 is 6.47. The van der Waals surface area contributed by atoms with Gasteiger partial charge in [-0.1, -0.05) is 64.5 Å². The van der Waals surface area contributed by atoms with Crippen LogP contribution in [-0.4, -0.2) is 5.60 Å². The minimum atomic E-state index is -0.210. The number of ether oxygens (including phenoxy) is 1. The fourth-order valence-electron chi connectivity index (χ4n) is 3.63. The second-order valence-corrected chi connectivity index (χ2v) is 10.2. The van der Waals surface area contributed by atoms with E-state index in [1.807, 2.05) is 0 Å². The lowest BCUT2D eigenvalue weighted by Gasteiger charge is -2.32. The molecule has 1 heteroatoms. The Labute approximate surface area is 167 Å². The minimum absolute atomic E-state index is 0.210. The van der Waals surface area contributed by atoms with Gasteiger partial charge in [0.1, 0.15) is 11.4 Å². The van der Waals surface area contributed by atoms with E-state index in [1.165, 1.54) is 29.5 Å². The molecule has 1 aliphatic heterocycles. The van der Waals surface area contributed by atoms with Crippen molar-refractivity contribution in [2.45, 2.75) is 92.6 Å². The summed E-state index contributed by atoms with van der Waals surface area (Å²) in [5.41, 5.74) is 4.17. The molecule has 0 saturated heterocycles. The SMILES string of the molecule is CC(C)=CCCC1(C)C=Cc2ccc(C(C)C(C)CCC(C)(C)C)cc2O1. The van der Waals surface area contributed by atoms with E-state index in [1.54, 1.807) is 0 Å². The van der Waals surface area contributed by atoms with Gasteiger partial charge in [0.2, 0.25) is 0 Å². The molecule has 0 amide bonds. The maximum atomic E-state index is 6.47. The molecule has 0 aromatic heterocycles. The van der Waals surface area contributed by atoms with Crippen molar-refractivity contribution in [1.29, 1.82) is 0 Å². The molecule has 0 spiro atoms. The third-order valence-corrected chi connectivity index (χ3v) is 5.92. The van der Waals surface area contributed by atoms with Crippen molar-refractivity contribution >= 4 is 6.08 Å². The van der Waals surface area contributed by atoms with E-state index in [4.69, 9.17) is 4.74 Å². The molecule has 0 bridgehead atoms. The number of allylic oxidation sites excluding steroid dienone is 2. The van der Waals surface area contributed by atoms with Gasteiger partial charge in [0.25, 0.3) is 0 Å². The lowest BCUT2D eigenvalue weighted by Crippen LogP contribution is -2.31. The number of rotatable bonds is 7. The van der Waals surface area contributed by atoms with Crippen LogP contribution in [0.5, 0.6) is 5.75 Å². The first kappa shape index (κ1) is 21.8. The first-order chi connectivity index (χ1) is 12.5. The summed E-state index contributed by atoms with van der Waals surface area (Å²) in [4.78, 5) is 0. The van der Waals surface area contributed by atoms with Crippen LogP contribution in [0.1, 0.15) is 98.1 Å². The lowest BCUT2D eigenvalue weighted by molar-refractivity contribution is 0.128. The molecular weight excluding hydrogens is 328 g/mol. The van der Waals surface area contributed by atoms with E-state index in [2.05, 4.69) is 91.8 Å². The number of hydrogen-bond donors (Lipinski definition) is 0. The zero-order chi connectivity index (χ0) is 20.2. The van der Waals surface area contributed by atoms with Crippen molar-refractivity contribution in [3.63, 3.8) is 0 Å². The average molecular weight is 369 g/mol. The summed E-state index contributed by atoms with van der Waals surface area (Å²) in [5, 5.41) is 0. The monoisotopic (exact) mass is 368 g/mol. The molecular formula is C26H40O. The fraction of sp³-hybridized carbons (Fsp3) is 0.615. The zero-order valence-electron chi connectivity index (χ0n) is 18.9. The molecule has 0 N–H and O–H groups in total. The van der Waals surface area contributed by atoms with E-state index in [0.29, 0.717) is 17.3 Å². The molecule has 0 aliphatic carbocycles. The molecule has 0 radical (unpaired) electrons. The third kappa shape index (κ3) is 6.55. The Morgan fingerprint density at radius 3 is 2.52 bits per heavy atom. The molecule has 1 aliphatic rings. The van der Waals surface area contributed by atoms with Crippen molar-refractivity contribution in [3.05, 3.63) is 47.1 Å². The molecule has 27 heavy (non-hydrogen) atoms. The summed E-state index contributed by atoms with van der Waals surface area (Å²) >= 11 is 0. The molecule has 3 unspecified atom stereocenters. The Balaban J connectivity index is 2.09. The summed E-state index contributed by atoms with van der Waals surface area (Å²) in [6.07, 6.45) is 11.4. The van der Waals surface area contributed by atoms with Crippen molar-refractivity contribution in [2.24, 2.45) is 11.3 Å². The first-order valence-electron chi connectivity index (χ1n) is 10.6. The Morgan fingerprint density at radius 2 is 1.89 bits per heavy atom. The average Bonchev–Trinajstić information content (AvgIpc) is 2.57. The smallest absolute Gasteiger partial charge is 0.128 e. The molecule has 0 fully saturated rings. The van der Waals surface area contributed by atoms with Crippen LogP contribution in [0, 0.1) is 11.3 Å². The van der Waals surface area contributed by atoms with Gasteiger partial charge < -0.3 is 4.74 Å². The first-order valence-corrected chi connectivity index (χ1v) is 10.6. The Kier molecular flexibility index (Phi) is 7.00. The molecule has 150 valence electrons. The van der Waals surface area contributed by atoms with E-state index in [0.717, 1.165) is 18.6 Å². The van der Waals surface area contributed by atoms with Gasteiger partial charge in [-0.2, -0.15) is 0 Å². The van der Waals surface area contributed by atoms with Crippen molar-refractivity contribution in [1.82, 2.24) is 0 Å². The van der Waals surface area contributed by atoms with Gasteiger partial charge in [-0.25, -0.2) is 0 Å². The van der Waals surface area contributed by atoms with Crippen molar-refractivity contribution < 1.29 is 4.74 Å². The van der Waals surface area contributed by atoms with Gasteiger partial charge in [0.15, 0.2) is 0 Å². The molecule has 1 aromatic rings. The quantitative estimate of drug-likeness (QED) is 0.441. The molecule has 1 heterocycles. The third-order valence-electron chi connectivity index (χ3n) is 5.92. The normalized spacial score (nSPS) is 21.2. The van der Waals surface area contributed by atoms with E-state index in [-0.39, 0.29) is 5.60 Å². The maximum absolute atomic E-state index is 6.47. The standard InChI is InChI=1S/C26H40O/c1-19(2)10-9-15-26(8)17-14-22-11-12-23(18-24(22)27-26)21(4)20(3)13-16-25(5,6)7/h10-12,14,17-18,20-21H,9,13,15-16H2,1-8H3. The number of hydrogen-bond acceptors (Lipinski definition) is 1. The molecule has 0 saturated carbocycles. The van der Waals surface area contributed by atoms with Crippen molar-refractivity contribution in [2.75, 3.05) is 0 Å². The molecule has 1 aromatic carbocycles. The van der Waals surface area contributed by atoms with Crippen LogP contribution < -0.4 is 4.74 Å². The van der Waals surface area contributed by atoms with Crippen molar-refractivity contribution in [3.8, 4) is 5.75 Å². The van der Waals surface area contributed by atoms with Gasteiger partial charge in [0.05, 0.1) is 0 Å². The van der Waals surface area contributed by atoms with E-state index < -0.39 is 0 Å². The van der Waals surface area contributed by atoms with Crippen LogP contribution in [0.25, 0.3) is 6.08 Å². The van der Waals surface area contributed by atoms with Crippen LogP contribution in [0.2, 0.25) is 0 Å². The van der Waals surface area contributed by atoms with Gasteiger partial charge >= 0.3 is 0 Å². The summed E-state index contributed by atoms with van der Waals surface area (Å²) in [5.74, 6) is 2.26. The summed E-state index contributed by atoms with van der Waals surface area (Å²) in [6.45, 7) is 18.3. The predicted octanol–water partition coefficient (Wildman–Crippen LogP) is 8.16. The van der Waals surface area contributed by atoms with Crippen LogP contribution in [-0.2, 0) is 0 Å². The van der Waals surface area contributed by atoms with Gasteiger partial charge in [-0.15, -0.1) is 0 Å². The molecule has 1 nitrogen and oxygen atoms in total. The zero-order valence-corrected chi connectivity index (χ0v) is 18.9. The highest BCUT2D eigenvalue weighted by Gasteiger charge is 2.27. The Hall–Kier alpha value is -1.50. The second-order valence-electron chi connectivity index (χ2n) is 10.2.